The number of likely N-dealkylation sites (tertiary alicyclic amines) is 1. The lowest BCUT2D eigenvalue weighted by Crippen LogP contribution is -2.31. The average Bonchev–Trinajstić information content (AvgIpc) is 3.43. The van der Waals surface area contributed by atoms with E-state index in [-0.39, 0.29) is 18.3 Å². The van der Waals surface area contributed by atoms with Crippen LogP contribution in [-0.2, 0) is 13.2 Å². The van der Waals surface area contributed by atoms with Gasteiger partial charge in [-0.25, -0.2) is 4.98 Å². The summed E-state index contributed by atoms with van der Waals surface area (Å²) in [6, 6.07) is 13.7. The van der Waals surface area contributed by atoms with E-state index in [1.54, 1.807) is 18.3 Å². The maximum absolute atomic E-state index is 11.2. The Morgan fingerprint density at radius 1 is 1.14 bits per heavy atom. The highest BCUT2D eigenvalue weighted by Crippen LogP contribution is 2.25. The third-order valence-electron chi connectivity index (χ3n) is 6.74. The summed E-state index contributed by atoms with van der Waals surface area (Å²) in [4.78, 5) is 21.9. The summed E-state index contributed by atoms with van der Waals surface area (Å²) in [6.07, 6.45) is 5.87. The van der Waals surface area contributed by atoms with Crippen molar-refractivity contribution in [2.24, 2.45) is 0 Å². The zero-order valence-corrected chi connectivity index (χ0v) is 20.5. The van der Waals surface area contributed by atoms with Crippen molar-refractivity contribution in [2.75, 3.05) is 36.8 Å². The quantitative estimate of drug-likeness (QED) is 0.217. The number of hydrogen-bond donors (Lipinski definition) is 3. The lowest BCUT2D eigenvalue weighted by atomic mass is 10.1. The van der Waals surface area contributed by atoms with Crippen LogP contribution in [0.25, 0.3) is 11.0 Å². The predicted octanol–water partition coefficient (Wildman–Crippen LogP) is 3.85. The van der Waals surface area contributed by atoms with Crippen LogP contribution >= 0.6 is 0 Å². The number of benzene rings is 1. The number of aliphatic hydroxyl groups is 1. The van der Waals surface area contributed by atoms with E-state index in [1.807, 2.05) is 24.3 Å². The molecule has 1 atom stereocenters. The van der Waals surface area contributed by atoms with Crippen LogP contribution < -0.4 is 10.6 Å². The number of fused-ring (bicyclic) bond motifs is 1. The minimum atomic E-state index is -0.414. The van der Waals surface area contributed by atoms with E-state index in [2.05, 4.69) is 31.2 Å². The highest BCUT2D eigenvalue weighted by atomic mass is 16.6. The van der Waals surface area contributed by atoms with Crippen molar-refractivity contribution in [3.05, 3.63) is 76.5 Å². The zero-order chi connectivity index (χ0) is 25.6. The molecule has 3 N–H and O–H groups in total. The number of hydrogen-bond acceptors (Lipinski definition) is 9. The van der Waals surface area contributed by atoms with E-state index in [0.29, 0.717) is 24.5 Å². The van der Waals surface area contributed by atoms with Crippen LogP contribution in [0.1, 0.15) is 30.8 Å². The van der Waals surface area contributed by atoms with Gasteiger partial charge in [-0.3, -0.25) is 15.1 Å². The molecule has 11 heteroatoms. The highest BCUT2D eigenvalue weighted by molar-refractivity contribution is 5.78. The number of para-hydroxylation sites is 2. The molecule has 0 amide bonds. The second-order valence-electron chi connectivity index (χ2n) is 9.23. The molecular formula is C26H31N7O4. The van der Waals surface area contributed by atoms with Gasteiger partial charge in [-0.2, -0.15) is 0 Å². The minimum Gasteiger partial charge on any atom is -0.462 e. The number of aliphatic hydroxyl groups excluding tert-OH is 1. The summed E-state index contributed by atoms with van der Waals surface area (Å²) in [5.74, 6) is 2.13. The van der Waals surface area contributed by atoms with Gasteiger partial charge in [0, 0.05) is 31.9 Å². The Morgan fingerprint density at radius 2 is 2.00 bits per heavy atom. The van der Waals surface area contributed by atoms with Crippen LogP contribution in [0.2, 0.25) is 0 Å². The molecule has 1 aromatic carbocycles. The lowest BCUT2D eigenvalue weighted by molar-refractivity contribution is -0.384. The summed E-state index contributed by atoms with van der Waals surface area (Å²) in [5.41, 5.74) is 2.44. The number of rotatable bonds is 10. The summed E-state index contributed by atoms with van der Waals surface area (Å²) in [6.45, 7) is 3.73. The molecule has 0 spiro atoms. The van der Waals surface area contributed by atoms with Gasteiger partial charge in [-0.15, -0.1) is 0 Å². The van der Waals surface area contributed by atoms with Gasteiger partial charge in [0.25, 0.3) is 0 Å². The van der Waals surface area contributed by atoms with Crippen molar-refractivity contribution in [1.29, 1.82) is 0 Å². The summed E-state index contributed by atoms with van der Waals surface area (Å²) >= 11 is 0. The first-order chi connectivity index (χ1) is 18.1. The molecule has 1 unspecified atom stereocenters. The Kier molecular flexibility index (Phi) is 7.62. The maximum atomic E-state index is 11.2. The van der Waals surface area contributed by atoms with Crippen molar-refractivity contribution in [3.8, 4) is 0 Å². The van der Waals surface area contributed by atoms with Crippen molar-refractivity contribution in [2.45, 2.75) is 38.5 Å². The number of nitro groups is 1. The Bertz CT molecular complexity index is 1350. The van der Waals surface area contributed by atoms with Gasteiger partial charge >= 0.3 is 5.69 Å². The normalized spacial score (nSPS) is 16.5. The van der Waals surface area contributed by atoms with Gasteiger partial charge in [0.1, 0.15) is 30.0 Å². The van der Waals surface area contributed by atoms with E-state index >= 15 is 0 Å². The van der Waals surface area contributed by atoms with Crippen LogP contribution in [0.15, 0.2) is 59.3 Å². The molecule has 3 aromatic heterocycles. The number of imidazole rings is 1. The molecule has 194 valence electrons. The summed E-state index contributed by atoms with van der Waals surface area (Å²) in [5, 5.41) is 27.4. The number of anilines is 2. The molecule has 0 radical (unpaired) electrons. The molecule has 4 heterocycles. The van der Waals surface area contributed by atoms with Crippen LogP contribution in [0.5, 0.6) is 0 Å². The van der Waals surface area contributed by atoms with Gasteiger partial charge in [-0.05, 0) is 56.1 Å². The molecule has 11 nitrogen and oxygen atoms in total. The predicted molar refractivity (Wildman–Crippen MR) is 141 cm³/mol. The topological polar surface area (TPSA) is 135 Å². The third kappa shape index (κ3) is 5.89. The number of nitrogens with zero attached hydrogens (tertiary/aromatic N) is 5. The average molecular weight is 506 g/mol. The standard InChI is InChI=1S/C26H31N7O4/c34-18-21-8-7-20(37-21)17-32-24-6-2-1-5-23(24)30-26(32)29-19-4-3-13-31(14-10-19)15-12-28-22-9-11-27-16-25(22)33(35)36/h1-2,5-9,11,16,19,34H,3-4,10,12-15,17-18H2,(H,27,28)(H,29,30). The lowest BCUT2D eigenvalue weighted by Gasteiger charge is -2.21. The van der Waals surface area contributed by atoms with Gasteiger partial charge in [-0.1, -0.05) is 12.1 Å². The number of furan rings is 1. The Labute approximate surface area is 214 Å². The van der Waals surface area contributed by atoms with Crippen molar-refractivity contribution < 1.29 is 14.4 Å². The summed E-state index contributed by atoms with van der Waals surface area (Å²) < 4.78 is 7.87. The van der Waals surface area contributed by atoms with Crippen molar-refractivity contribution >= 4 is 28.4 Å². The fourth-order valence-corrected chi connectivity index (χ4v) is 4.83. The second-order valence-corrected chi connectivity index (χ2v) is 9.23. The van der Waals surface area contributed by atoms with E-state index < -0.39 is 4.92 Å². The van der Waals surface area contributed by atoms with Crippen LogP contribution in [-0.4, -0.2) is 61.7 Å². The SMILES string of the molecule is O=[N+]([O-])c1cnccc1NCCN1CCCC(Nc2nc3ccccc3n2Cc2ccc(CO)o2)CC1. The van der Waals surface area contributed by atoms with Gasteiger partial charge in [0.2, 0.25) is 5.95 Å². The largest absolute Gasteiger partial charge is 0.462 e. The molecule has 1 aliphatic heterocycles. The first kappa shape index (κ1) is 24.7. The second kappa shape index (κ2) is 11.4. The van der Waals surface area contributed by atoms with E-state index in [9.17, 15) is 15.2 Å². The minimum absolute atomic E-state index is 0.00680. The Hall–Kier alpha value is -3.96. The number of pyridine rings is 1. The molecule has 4 aromatic rings. The Morgan fingerprint density at radius 3 is 2.84 bits per heavy atom. The molecule has 0 saturated carbocycles. The van der Waals surface area contributed by atoms with Crippen LogP contribution in [0.4, 0.5) is 17.3 Å². The maximum Gasteiger partial charge on any atom is 0.310 e. The van der Waals surface area contributed by atoms with Gasteiger partial charge in [0.05, 0.1) is 22.5 Å². The van der Waals surface area contributed by atoms with Crippen molar-refractivity contribution in [1.82, 2.24) is 19.4 Å². The Balaban J connectivity index is 1.21. The first-order valence-electron chi connectivity index (χ1n) is 12.6. The van der Waals surface area contributed by atoms with Gasteiger partial charge < -0.3 is 29.6 Å². The molecule has 5 rings (SSSR count). The van der Waals surface area contributed by atoms with E-state index in [4.69, 9.17) is 9.40 Å². The van der Waals surface area contributed by atoms with E-state index in [1.165, 1.54) is 6.20 Å². The summed E-state index contributed by atoms with van der Waals surface area (Å²) in [7, 11) is 0. The van der Waals surface area contributed by atoms with Crippen LogP contribution in [0, 0.1) is 10.1 Å². The van der Waals surface area contributed by atoms with Crippen LogP contribution in [0.3, 0.4) is 0 Å². The molecule has 0 bridgehead atoms. The molecular weight excluding hydrogens is 474 g/mol. The molecule has 0 aliphatic carbocycles. The molecule has 37 heavy (non-hydrogen) atoms. The number of aromatic nitrogens is 3. The van der Waals surface area contributed by atoms with Crippen molar-refractivity contribution in [3.63, 3.8) is 0 Å². The first-order valence-corrected chi connectivity index (χ1v) is 12.6. The molecule has 1 saturated heterocycles. The number of nitrogens with one attached hydrogen (secondary N) is 2. The smallest absolute Gasteiger partial charge is 0.310 e. The fraction of sp³-hybridized carbons (Fsp3) is 0.385. The zero-order valence-electron chi connectivity index (χ0n) is 20.5. The molecule has 1 aliphatic rings. The monoisotopic (exact) mass is 505 g/mol. The fourth-order valence-electron chi connectivity index (χ4n) is 4.83. The molecule has 1 fully saturated rings. The third-order valence-corrected chi connectivity index (χ3v) is 6.74. The highest BCUT2D eigenvalue weighted by Gasteiger charge is 2.21. The van der Waals surface area contributed by atoms with Gasteiger partial charge in [0.15, 0.2) is 0 Å². The van der Waals surface area contributed by atoms with E-state index in [0.717, 1.165) is 61.6 Å².